The van der Waals surface area contributed by atoms with Crippen LogP contribution in [0.1, 0.15) is 12.5 Å². The summed E-state index contributed by atoms with van der Waals surface area (Å²) in [6.07, 6.45) is 1.67. The van der Waals surface area contributed by atoms with Crippen molar-refractivity contribution in [1.82, 2.24) is 9.88 Å². The second-order valence-corrected chi connectivity index (χ2v) is 5.71. The molecule has 0 aliphatic rings. The Morgan fingerprint density at radius 3 is 2.69 bits per heavy atom. The van der Waals surface area contributed by atoms with Gasteiger partial charge in [0.25, 0.3) is 5.69 Å². The number of nitro benzene ring substituents is 1. The summed E-state index contributed by atoms with van der Waals surface area (Å²) in [5, 5.41) is 15.0. The van der Waals surface area contributed by atoms with Gasteiger partial charge in [0, 0.05) is 29.8 Å². The average Bonchev–Trinajstić information content (AvgIpc) is 2.66. The molecule has 1 aromatic heterocycles. The number of urea groups is 1. The van der Waals surface area contributed by atoms with Crippen molar-refractivity contribution in [2.24, 2.45) is 0 Å². The van der Waals surface area contributed by atoms with Crippen molar-refractivity contribution < 1.29 is 9.72 Å². The Balaban J connectivity index is 1.82. The van der Waals surface area contributed by atoms with Crippen molar-refractivity contribution in [3.8, 4) is 0 Å². The maximum absolute atomic E-state index is 12.7. The van der Waals surface area contributed by atoms with Gasteiger partial charge in [-0.25, -0.2) is 4.79 Å². The second-order valence-electron chi connectivity index (χ2n) is 5.71. The second kappa shape index (κ2) is 7.60. The largest absolute Gasteiger partial charge is 0.322 e. The average molecular weight is 350 g/mol. The molecule has 0 spiro atoms. The third-order valence-corrected chi connectivity index (χ3v) is 4.09. The molecule has 1 heterocycles. The Hall–Kier alpha value is -3.48. The van der Waals surface area contributed by atoms with E-state index in [0.29, 0.717) is 23.3 Å². The first-order chi connectivity index (χ1) is 12.6. The summed E-state index contributed by atoms with van der Waals surface area (Å²) in [5.41, 5.74) is 1.80. The van der Waals surface area contributed by atoms with Crippen molar-refractivity contribution in [1.29, 1.82) is 0 Å². The lowest BCUT2D eigenvalue weighted by Gasteiger charge is -2.21. The summed E-state index contributed by atoms with van der Waals surface area (Å²) < 4.78 is 0. The lowest BCUT2D eigenvalue weighted by atomic mass is 10.1. The van der Waals surface area contributed by atoms with Crippen LogP contribution in [0.5, 0.6) is 0 Å². The number of benzene rings is 2. The molecule has 3 aromatic rings. The number of carbonyl (C=O) groups is 1. The van der Waals surface area contributed by atoms with E-state index in [2.05, 4.69) is 10.3 Å². The maximum Gasteiger partial charge on any atom is 0.322 e. The van der Waals surface area contributed by atoms with Crippen LogP contribution in [0.3, 0.4) is 0 Å². The number of hydrogen-bond acceptors (Lipinski definition) is 4. The topological polar surface area (TPSA) is 88.4 Å². The van der Waals surface area contributed by atoms with Crippen LogP contribution in [0, 0.1) is 10.1 Å². The van der Waals surface area contributed by atoms with Gasteiger partial charge >= 0.3 is 6.03 Å². The maximum atomic E-state index is 12.7. The van der Waals surface area contributed by atoms with Gasteiger partial charge in [0.15, 0.2) is 0 Å². The van der Waals surface area contributed by atoms with Crippen LogP contribution < -0.4 is 5.32 Å². The van der Waals surface area contributed by atoms with E-state index in [1.807, 2.05) is 31.2 Å². The number of anilines is 1. The number of hydrogen-bond donors (Lipinski definition) is 1. The first-order valence-corrected chi connectivity index (χ1v) is 8.22. The van der Waals surface area contributed by atoms with Crippen molar-refractivity contribution >= 4 is 28.3 Å². The van der Waals surface area contributed by atoms with Gasteiger partial charge in [-0.05, 0) is 19.1 Å². The van der Waals surface area contributed by atoms with Crippen LogP contribution >= 0.6 is 0 Å². The monoisotopic (exact) mass is 350 g/mol. The molecule has 0 saturated heterocycles. The summed E-state index contributed by atoms with van der Waals surface area (Å²) in [7, 11) is 0. The number of pyridine rings is 1. The number of para-hydroxylation sites is 2. The van der Waals surface area contributed by atoms with E-state index in [0.717, 1.165) is 5.39 Å². The fourth-order valence-electron chi connectivity index (χ4n) is 2.75. The minimum Gasteiger partial charge on any atom is -0.320 e. The lowest BCUT2D eigenvalue weighted by molar-refractivity contribution is -0.385. The molecule has 1 N–H and O–H groups in total. The minimum absolute atomic E-state index is 0.00516. The molecule has 2 aromatic carbocycles. The van der Waals surface area contributed by atoms with Gasteiger partial charge in [0.2, 0.25) is 0 Å². The molecule has 132 valence electrons. The Kier molecular flexibility index (Phi) is 5.07. The first-order valence-electron chi connectivity index (χ1n) is 8.22. The molecule has 0 atom stereocenters. The summed E-state index contributed by atoms with van der Waals surface area (Å²) in [5.74, 6) is 0. The Bertz CT molecular complexity index is 953. The molecule has 3 rings (SSSR count). The number of nitro groups is 1. The van der Waals surface area contributed by atoms with Gasteiger partial charge in [-0.2, -0.15) is 0 Å². The van der Waals surface area contributed by atoms with Gasteiger partial charge < -0.3 is 10.2 Å². The lowest BCUT2D eigenvalue weighted by Crippen LogP contribution is -2.34. The summed E-state index contributed by atoms with van der Waals surface area (Å²) >= 11 is 0. The van der Waals surface area contributed by atoms with E-state index < -0.39 is 4.92 Å². The third kappa shape index (κ3) is 3.61. The van der Waals surface area contributed by atoms with Gasteiger partial charge in [-0.3, -0.25) is 15.1 Å². The molecule has 0 aliphatic carbocycles. The number of nitrogens with zero attached hydrogens (tertiary/aromatic N) is 3. The number of rotatable bonds is 5. The highest BCUT2D eigenvalue weighted by molar-refractivity contribution is 5.99. The molecule has 7 heteroatoms. The highest BCUT2D eigenvalue weighted by Crippen LogP contribution is 2.23. The van der Waals surface area contributed by atoms with Crippen molar-refractivity contribution in [3.63, 3.8) is 0 Å². The predicted octanol–water partition coefficient (Wildman–Crippen LogP) is 4.20. The van der Waals surface area contributed by atoms with Crippen LogP contribution in [0.15, 0.2) is 60.8 Å². The van der Waals surface area contributed by atoms with E-state index in [9.17, 15) is 14.9 Å². The number of amides is 2. The Morgan fingerprint density at radius 1 is 1.15 bits per heavy atom. The van der Waals surface area contributed by atoms with Gasteiger partial charge in [0.1, 0.15) is 0 Å². The highest BCUT2D eigenvalue weighted by Gasteiger charge is 2.19. The third-order valence-electron chi connectivity index (χ3n) is 4.09. The quantitative estimate of drug-likeness (QED) is 0.552. The first kappa shape index (κ1) is 17.3. The van der Waals surface area contributed by atoms with Crippen molar-refractivity contribution in [2.45, 2.75) is 13.5 Å². The van der Waals surface area contributed by atoms with Crippen LogP contribution in [0.4, 0.5) is 16.2 Å². The molecule has 7 nitrogen and oxygen atoms in total. The SMILES string of the molecule is CCN(Cc1ccccc1[N+](=O)[O-])C(=O)Nc1cccc2cccnc12. The zero-order valence-electron chi connectivity index (χ0n) is 14.3. The van der Waals surface area contributed by atoms with Crippen molar-refractivity contribution in [2.75, 3.05) is 11.9 Å². The van der Waals surface area contributed by atoms with E-state index in [4.69, 9.17) is 0 Å². The summed E-state index contributed by atoms with van der Waals surface area (Å²) in [6, 6.07) is 15.4. The van der Waals surface area contributed by atoms with E-state index in [1.165, 1.54) is 11.0 Å². The molecule has 0 aliphatic heterocycles. The number of fused-ring (bicyclic) bond motifs is 1. The van der Waals surface area contributed by atoms with E-state index in [1.54, 1.807) is 30.5 Å². The molecule has 0 radical (unpaired) electrons. The molecule has 0 saturated carbocycles. The molecule has 0 unspecified atom stereocenters. The number of aromatic nitrogens is 1. The van der Waals surface area contributed by atoms with Gasteiger partial charge in [-0.1, -0.05) is 36.4 Å². The summed E-state index contributed by atoms with van der Waals surface area (Å²) in [6.45, 7) is 2.39. The Labute approximate surface area is 150 Å². The van der Waals surface area contributed by atoms with Crippen molar-refractivity contribution in [3.05, 3.63) is 76.5 Å². The van der Waals surface area contributed by atoms with Crippen LogP contribution in [0.2, 0.25) is 0 Å². The van der Waals surface area contributed by atoms with E-state index in [-0.39, 0.29) is 18.3 Å². The zero-order valence-corrected chi connectivity index (χ0v) is 14.3. The van der Waals surface area contributed by atoms with Gasteiger partial charge in [0.05, 0.1) is 22.7 Å². The molecular formula is C19H18N4O3. The van der Waals surface area contributed by atoms with Crippen LogP contribution in [-0.4, -0.2) is 27.4 Å². The zero-order chi connectivity index (χ0) is 18.5. The fraction of sp³-hybridized carbons (Fsp3) is 0.158. The minimum atomic E-state index is -0.435. The predicted molar refractivity (Wildman–Crippen MR) is 99.9 cm³/mol. The van der Waals surface area contributed by atoms with Crippen LogP contribution in [-0.2, 0) is 6.54 Å². The normalized spacial score (nSPS) is 10.5. The fourth-order valence-corrected chi connectivity index (χ4v) is 2.75. The molecule has 26 heavy (non-hydrogen) atoms. The summed E-state index contributed by atoms with van der Waals surface area (Å²) in [4.78, 5) is 29.3. The van der Waals surface area contributed by atoms with Crippen LogP contribution in [0.25, 0.3) is 10.9 Å². The van der Waals surface area contributed by atoms with E-state index >= 15 is 0 Å². The number of nitrogens with one attached hydrogen (secondary N) is 1. The molecular weight excluding hydrogens is 332 g/mol. The smallest absolute Gasteiger partial charge is 0.320 e. The molecule has 0 fully saturated rings. The Morgan fingerprint density at radius 2 is 1.92 bits per heavy atom. The highest BCUT2D eigenvalue weighted by atomic mass is 16.6. The number of carbonyl (C=O) groups excluding carboxylic acids is 1. The molecule has 0 bridgehead atoms. The molecule has 2 amide bonds. The standard InChI is InChI=1S/C19H18N4O3/c1-2-22(13-15-7-3-4-11-17(15)23(25)26)19(24)21-16-10-5-8-14-9-6-12-20-18(14)16/h3-12H,2,13H2,1H3,(H,21,24). The van der Waals surface area contributed by atoms with Gasteiger partial charge in [-0.15, -0.1) is 0 Å².